The number of amides is 1. The molecule has 0 bridgehead atoms. The predicted molar refractivity (Wildman–Crippen MR) is 126 cm³/mol. The van der Waals surface area contributed by atoms with Gasteiger partial charge in [0, 0.05) is 24.5 Å². The Morgan fingerprint density at radius 1 is 1.12 bits per heavy atom. The maximum atomic E-state index is 12.9. The van der Waals surface area contributed by atoms with E-state index >= 15 is 0 Å². The van der Waals surface area contributed by atoms with Gasteiger partial charge < -0.3 is 19.5 Å². The molecule has 3 rings (SSSR count). The van der Waals surface area contributed by atoms with Crippen molar-refractivity contribution in [2.75, 3.05) is 26.9 Å². The highest BCUT2D eigenvalue weighted by atomic mass is 16.5. The maximum Gasteiger partial charge on any atom is 0.253 e. The van der Waals surface area contributed by atoms with E-state index in [-0.39, 0.29) is 19.1 Å². The quantitative estimate of drug-likeness (QED) is 0.442. The molecular formula is C26H24N4O4. The number of methoxy groups -OCH3 is 1. The summed E-state index contributed by atoms with van der Waals surface area (Å²) in [5, 5.41) is 11.6. The Morgan fingerprint density at radius 2 is 1.88 bits per heavy atom. The summed E-state index contributed by atoms with van der Waals surface area (Å²) in [6, 6.07) is 16.4. The highest BCUT2D eigenvalue weighted by Gasteiger charge is 2.21. The number of hydrogen-bond donors (Lipinski definition) is 1. The van der Waals surface area contributed by atoms with Crippen LogP contribution < -0.4 is 14.8 Å². The van der Waals surface area contributed by atoms with Crippen LogP contribution in [0.2, 0.25) is 0 Å². The third-order valence-electron chi connectivity index (χ3n) is 4.84. The first kappa shape index (κ1) is 24.2. The molecule has 3 aromatic rings. The van der Waals surface area contributed by atoms with E-state index in [1.807, 2.05) is 30.3 Å². The number of rotatable bonds is 11. The second-order valence-electron chi connectivity index (χ2n) is 7.06. The van der Waals surface area contributed by atoms with Gasteiger partial charge in [-0.05, 0) is 35.7 Å². The molecule has 8 heteroatoms. The first-order valence-electron chi connectivity index (χ1n) is 10.5. The number of carbonyl (C=O) groups is 1. The lowest BCUT2D eigenvalue weighted by molar-refractivity contribution is -0.132. The fourth-order valence-electron chi connectivity index (χ4n) is 3.23. The highest BCUT2D eigenvalue weighted by molar-refractivity contribution is 5.82. The van der Waals surface area contributed by atoms with Gasteiger partial charge in [-0.25, -0.2) is 9.97 Å². The van der Waals surface area contributed by atoms with Crippen LogP contribution in [0.4, 0.5) is 0 Å². The summed E-state index contributed by atoms with van der Waals surface area (Å²) in [5.41, 5.74) is 2.44. The van der Waals surface area contributed by atoms with Gasteiger partial charge in [0.15, 0.2) is 30.0 Å². The Hall–Kier alpha value is -4.40. The lowest BCUT2D eigenvalue weighted by Crippen LogP contribution is -2.32. The molecule has 8 nitrogen and oxygen atoms in total. The molecule has 1 amide bonds. The van der Waals surface area contributed by atoms with E-state index in [1.54, 1.807) is 36.7 Å². The summed E-state index contributed by atoms with van der Waals surface area (Å²) in [7, 11) is 1.53. The molecule has 34 heavy (non-hydrogen) atoms. The number of nitriles is 1. The average Bonchev–Trinajstić information content (AvgIpc) is 2.89. The summed E-state index contributed by atoms with van der Waals surface area (Å²) >= 11 is 0. The highest BCUT2D eigenvalue weighted by Crippen LogP contribution is 2.28. The standard InChI is InChI=1S/C26H24N4O4/c1-3-16-34-24(20-6-8-21(9-7-20)25-28-13-4-14-29-25)26(31)30-15-11-19-5-10-22(33-17-12-27)23(18-19)32-2/h1,4-10,13-14,18,24H,11,15-17H2,2H3,(H,30,31). The van der Waals surface area contributed by atoms with Gasteiger partial charge in [0.25, 0.3) is 5.91 Å². The van der Waals surface area contributed by atoms with Crippen molar-refractivity contribution in [2.24, 2.45) is 0 Å². The number of hydrogen-bond acceptors (Lipinski definition) is 7. The molecule has 0 radical (unpaired) electrons. The van der Waals surface area contributed by atoms with Crippen LogP contribution in [0.15, 0.2) is 60.9 Å². The minimum atomic E-state index is -0.849. The Labute approximate surface area is 198 Å². The van der Waals surface area contributed by atoms with Crippen LogP contribution in [0.5, 0.6) is 11.5 Å². The van der Waals surface area contributed by atoms with Crippen LogP contribution in [0.1, 0.15) is 17.2 Å². The minimum Gasteiger partial charge on any atom is -0.493 e. The van der Waals surface area contributed by atoms with E-state index in [9.17, 15) is 4.79 Å². The predicted octanol–water partition coefficient (Wildman–Crippen LogP) is 3.10. The van der Waals surface area contributed by atoms with Crippen LogP contribution in [0.25, 0.3) is 11.4 Å². The first-order valence-corrected chi connectivity index (χ1v) is 10.5. The van der Waals surface area contributed by atoms with Crippen molar-refractivity contribution < 1.29 is 19.0 Å². The molecule has 1 unspecified atom stereocenters. The van der Waals surface area contributed by atoms with Crippen LogP contribution in [-0.2, 0) is 16.0 Å². The fraction of sp³-hybridized carbons (Fsp3) is 0.231. The number of aromatic nitrogens is 2. The Bertz CT molecular complexity index is 1170. The topological polar surface area (TPSA) is 106 Å². The number of terminal acetylenes is 1. The summed E-state index contributed by atoms with van der Waals surface area (Å²) in [4.78, 5) is 21.3. The van der Waals surface area contributed by atoms with Crippen molar-refractivity contribution in [2.45, 2.75) is 12.5 Å². The largest absolute Gasteiger partial charge is 0.493 e. The molecule has 1 aromatic heterocycles. The Balaban J connectivity index is 1.63. The lowest BCUT2D eigenvalue weighted by atomic mass is 10.1. The van der Waals surface area contributed by atoms with Crippen LogP contribution in [0.3, 0.4) is 0 Å². The molecule has 0 aliphatic rings. The van der Waals surface area contributed by atoms with Gasteiger partial charge in [0.2, 0.25) is 0 Å². The molecule has 1 heterocycles. The number of ether oxygens (including phenoxy) is 3. The normalized spacial score (nSPS) is 11.0. The van der Waals surface area contributed by atoms with Gasteiger partial charge in [0.05, 0.1) is 7.11 Å². The zero-order valence-electron chi connectivity index (χ0n) is 18.7. The van der Waals surface area contributed by atoms with E-state index in [1.165, 1.54) is 7.11 Å². The molecule has 0 saturated heterocycles. The number of benzene rings is 2. The molecule has 0 spiro atoms. The van der Waals surface area contributed by atoms with Gasteiger partial charge >= 0.3 is 0 Å². The van der Waals surface area contributed by atoms with Crippen LogP contribution >= 0.6 is 0 Å². The molecule has 1 N–H and O–H groups in total. The zero-order valence-corrected chi connectivity index (χ0v) is 18.7. The lowest BCUT2D eigenvalue weighted by Gasteiger charge is -2.17. The summed E-state index contributed by atoms with van der Waals surface area (Å²) < 4.78 is 16.3. The molecule has 1 atom stereocenters. The van der Waals surface area contributed by atoms with Crippen LogP contribution in [-0.4, -0.2) is 42.7 Å². The molecule has 0 aliphatic carbocycles. The van der Waals surface area contributed by atoms with E-state index in [0.717, 1.165) is 11.1 Å². The number of carbonyl (C=O) groups excluding carboxylic acids is 1. The minimum absolute atomic E-state index is 0.00297. The van der Waals surface area contributed by atoms with E-state index in [4.69, 9.17) is 25.9 Å². The Kier molecular flexibility index (Phi) is 8.98. The van der Waals surface area contributed by atoms with Gasteiger partial charge in [0.1, 0.15) is 12.7 Å². The molecular weight excluding hydrogens is 432 g/mol. The van der Waals surface area contributed by atoms with E-state index in [2.05, 4.69) is 21.2 Å². The van der Waals surface area contributed by atoms with Crippen molar-refractivity contribution in [1.82, 2.24) is 15.3 Å². The number of nitrogens with zero attached hydrogens (tertiary/aromatic N) is 3. The molecule has 0 saturated carbocycles. The maximum absolute atomic E-state index is 12.9. The zero-order chi connectivity index (χ0) is 24.2. The first-order chi connectivity index (χ1) is 16.7. The van der Waals surface area contributed by atoms with Gasteiger partial charge in [-0.2, -0.15) is 5.26 Å². The third-order valence-corrected chi connectivity index (χ3v) is 4.84. The summed E-state index contributed by atoms with van der Waals surface area (Å²) in [5.74, 6) is 3.73. The van der Waals surface area contributed by atoms with Crippen molar-refractivity contribution in [1.29, 1.82) is 5.26 Å². The SMILES string of the molecule is C#CCOC(C(=O)NCCc1ccc(OCC#N)c(OC)c1)c1ccc(-c2ncccn2)cc1. The molecule has 0 aliphatic heterocycles. The van der Waals surface area contributed by atoms with Gasteiger partial charge in [-0.15, -0.1) is 6.42 Å². The van der Waals surface area contributed by atoms with Crippen molar-refractivity contribution in [3.05, 3.63) is 72.1 Å². The van der Waals surface area contributed by atoms with Crippen molar-refractivity contribution in [3.63, 3.8) is 0 Å². The second kappa shape index (κ2) is 12.6. The number of nitrogens with one attached hydrogen (secondary N) is 1. The Morgan fingerprint density at radius 3 is 2.56 bits per heavy atom. The average molecular weight is 457 g/mol. The third kappa shape index (κ3) is 6.55. The molecule has 172 valence electrons. The van der Waals surface area contributed by atoms with Crippen LogP contribution in [0, 0.1) is 23.7 Å². The summed E-state index contributed by atoms with van der Waals surface area (Å²) in [6.45, 7) is 0.319. The fourth-order valence-corrected chi connectivity index (χ4v) is 3.23. The molecule has 2 aromatic carbocycles. The monoisotopic (exact) mass is 456 g/mol. The van der Waals surface area contributed by atoms with E-state index < -0.39 is 6.10 Å². The molecule has 0 fully saturated rings. The van der Waals surface area contributed by atoms with E-state index in [0.29, 0.717) is 35.9 Å². The van der Waals surface area contributed by atoms with Gasteiger partial charge in [-0.1, -0.05) is 36.3 Å². The van der Waals surface area contributed by atoms with Gasteiger partial charge in [-0.3, -0.25) is 4.79 Å². The van der Waals surface area contributed by atoms with Crippen molar-refractivity contribution >= 4 is 5.91 Å². The second-order valence-corrected chi connectivity index (χ2v) is 7.06. The van der Waals surface area contributed by atoms with Crippen molar-refractivity contribution in [3.8, 4) is 41.3 Å². The summed E-state index contributed by atoms with van der Waals surface area (Å²) in [6.07, 6.45) is 8.39. The smallest absolute Gasteiger partial charge is 0.253 e.